The standard InChI is InChI=1S/C9H21N3O/c1-5-12(7-6-11(3)4)9(13)8(2)10/h8H,5-7,10H2,1-4H3. The van der Waals surface area contributed by atoms with Crippen molar-refractivity contribution >= 4 is 5.91 Å². The van der Waals surface area contributed by atoms with Gasteiger partial charge in [0.15, 0.2) is 0 Å². The van der Waals surface area contributed by atoms with E-state index in [1.54, 1.807) is 11.8 Å². The van der Waals surface area contributed by atoms with Gasteiger partial charge >= 0.3 is 0 Å². The lowest BCUT2D eigenvalue weighted by molar-refractivity contribution is -0.132. The predicted molar refractivity (Wildman–Crippen MR) is 54.5 cm³/mol. The second-order valence-electron chi connectivity index (χ2n) is 3.51. The Morgan fingerprint density at radius 1 is 1.38 bits per heavy atom. The number of rotatable bonds is 5. The molecule has 0 saturated carbocycles. The molecule has 78 valence electrons. The summed E-state index contributed by atoms with van der Waals surface area (Å²) in [6.45, 7) is 6.06. The van der Waals surface area contributed by atoms with Crippen molar-refractivity contribution in [3.05, 3.63) is 0 Å². The lowest BCUT2D eigenvalue weighted by atomic mass is 10.3. The highest BCUT2D eigenvalue weighted by Crippen LogP contribution is 1.93. The second-order valence-corrected chi connectivity index (χ2v) is 3.51. The van der Waals surface area contributed by atoms with E-state index >= 15 is 0 Å². The summed E-state index contributed by atoms with van der Waals surface area (Å²) in [6.07, 6.45) is 0. The van der Waals surface area contributed by atoms with Crippen molar-refractivity contribution in [3.8, 4) is 0 Å². The van der Waals surface area contributed by atoms with E-state index in [1.807, 2.05) is 21.0 Å². The van der Waals surface area contributed by atoms with Crippen LogP contribution in [0.25, 0.3) is 0 Å². The Morgan fingerprint density at radius 2 is 1.92 bits per heavy atom. The monoisotopic (exact) mass is 187 g/mol. The summed E-state index contributed by atoms with van der Waals surface area (Å²) in [4.78, 5) is 15.3. The van der Waals surface area contributed by atoms with Crippen LogP contribution in [0.4, 0.5) is 0 Å². The van der Waals surface area contributed by atoms with Gasteiger partial charge in [0, 0.05) is 19.6 Å². The number of likely N-dealkylation sites (N-methyl/N-ethyl adjacent to an activating group) is 2. The summed E-state index contributed by atoms with van der Waals surface area (Å²) >= 11 is 0. The zero-order valence-corrected chi connectivity index (χ0v) is 9.08. The molecular formula is C9H21N3O. The molecule has 2 N–H and O–H groups in total. The highest BCUT2D eigenvalue weighted by atomic mass is 16.2. The summed E-state index contributed by atoms with van der Waals surface area (Å²) in [7, 11) is 3.98. The number of carbonyl (C=O) groups excluding carboxylic acids is 1. The summed E-state index contributed by atoms with van der Waals surface area (Å²) in [5.41, 5.74) is 5.51. The lowest BCUT2D eigenvalue weighted by Gasteiger charge is -2.24. The number of hydrogen-bond acceptors (Lipinski definition) is 3. The molecule has 0 aliphatic carbocycles. The fraction of sp³-hybridized carbons (Fsp3) is 0.889. The van der Waals surface area contributed by atoms with Crippen LogP contribution in [0, 0.1) is 0 Å². The quantitative estimate of drug-likeness (QED) is 0.645. The van der Waals surface area contributed by atoms with Gasteiger partial charge in [0.25, 0.3) is 0 Å². The summed E-state index contributed by atoms with van der Waals surface area (Å²) in [5.74, 6) is 0.0318. The van der Waals surface area contributed by atoms with Gasteiger partial charge in [-0.25, -0.2) is 0 Å². The van der Waals surface area contributed by atoms with Crippen LogP contribution in [0.1, 0.15) is 13.8 Å². The van der Waals surface area contributed by atoms with Crippen molar-refractivity contribution in [3.63, 3.8) is 0 Å². The number of carbonyl (C=O) groups is 1. The van der Waals surface area contributed by atoms with E-state index in [9.17, 15) is 4.79 Å². The third-order valence-electron chi connectivity index (χ3n) is 1.90. The van der Waals surface area contributed by atoms with Crippen LogP contribution in [0.5, 0.6) is 0 Å². The summed E-state index contributed by atoms with van der Waals surface area (Å²) < 4.78 is 0. The minimum absolute atomic E-state index is 0.0318. The smallest absolute Gasteiger partial charge is 0.239 e. The fourth-order valence-corrected chi connectivity index (χ4v) is 1.03. The minimum atomic E-state index is -0.387. The fourth-order valence-electron chi connectivity index (χ4n) is 1.03. The van der Waals surface area contributed by atoms with E-state index in [4.69, 9.17) is 5.73 Å². The van der Waals surface area contributed by atoms with Crippen LogP contribution < -0.4 is 5.73 Å². The van der Waals surface area contributed by atoms with Crippen molar-refractivity contribution in [1.29, 1.82) is 0 Å². The molecule has 1 unspecified atom stereocenters. The Balaban J connectivity index is 3.95. The summed E-state index contributed by atoms with van der Waals surface area (Å²) in [5, 5.41) is 0. The van der Waals surface area contributed by atoms with Crippen molar-refractivity contribution in [2.45, 2.75) is 19.9 Å². The minimum Gasteiger partial charge on any atom is -0.340 e. The molecule has 0 aliphatic heterocycles. The second kappa shape index (κ2) is 5.94. The van der Waals surface area contributed by atoms with Crippen LogP contribution in [-0.2, 0) is 4.79 Å². The van der Waals surface area contributed by atoms with Crippen molar-refractivity contribution < 1.29 is 4.79 Å². The number of amides is 1. The molecule has 0 bridgehead atoms. The van der Waals surface area contributed by atoms with Gasteiger partial charge in [0.2, 0.25) is 5.91 Å². The topological polar surface area (TPSA) is 49.6 Å². The zero-order valence-electron chi connectivity index (χ0n) is 9.08. The molecule has 0 aromatic rings. The van der Waals surface area contributed by atoms with Crippen LogP contribution in [-0.4, -0.2) is 55.5 Å². The zero-order chi connectivity index (χ0) is 10.4. The van der Waals surface area contributed by atoms with E-state index in [2.05, 4.69) is 4.90 Å². The van der Waals surface area contributed by atoms with E-state index in [0.717, 1.165) is 19.6 Å². The molecule has 0 aliphatic rings. The molecule has 0 fully saturated rings. The predicted octanol–water partition coefficient (Wildman–Crippen LogP) is -0.256. The van der Waals surface area contributed by atoms with E-state index in [-0.39, 0.29) is 11.9 Å². The van der Waals surface area contributed by atoms with Gasteiger partial charge in [0.05, 0.1) is 6.04 Å². The molecule has 0 radical (unpaired) electrons. The van der Waals surface area contributed by atoms with E-state index < -0.39 is 0 Å². The molecule has 4 heteroatoms. The van der Waals surface area contributed by atoms with Gasteiger partial charge < -0.3 is 15.5 Å². The Morgan fingerprint density at radius 3 is 2.23 bits per heavy atom. The van der Waals surface area contributed by atoms with Gasteiger partial charge in [-0.1, -0.05) is 0 Å². The molecule has 1 amide bonds. The van der Waals surface area contributed by atoms with Crippen LogP contribution >= 0.6 is 0 Å². The lowest BCUT2D eigenvalue weighted by Crippen LogP contribution is -2.44. The van der Waals surface area contributed by atoms with Gasteiger partial charge in [-0.3, -0.25) is 4.79 Å². The largest absolute Gasteiger partial charge is 0.340 e. The Labute approximate surface area is 80.7 Å². The van der Waals surface area contributed by atoms with Gasteiger partial charge in [-0.2, -0.15) is 0 Å². The first-order valence-corrected chi connectivity index (χ1v) is 4.68. The van der Waals surface area contributed by atoms with Gasteiger partial charge in [0.1, 0.15) is 0 Å². The van der Waals surface area contributed by atoms with Crippen molar-refractivity contribution in [1.82, 2.24) is 9.80 Å². The summed E-state index contributed by atoms with van der Waals surface area (Å²) in [6, 6.07) is -0.387. The van der Waals surface area contributed by atoms with Crippen molar-refractivity contribution in [2.24, 2.45) is 5.73 Å². The molecule has 13 heavy (non-hydrogen) atoms. The Hall–Kier alpha value is -0.610. The highest BCUT2D eigenvalue weighted by Gasteiger charge is 2.14. The molecular weight excluding hydrogens is 166 g/mol. The maximum absolute atomic E-state index is 11.5. The number of nitrogens with two attached hydrogens (primary N) is 1. The maximum atomic E-state index is 11.5. The first kappa shape index (κ1) is 12.4. The Bertz CT molecular complexity index is 157. The molecule has 0 saturated heterocycles. The SMILES string of the molecule is CCN(CCN(C)C)C(=O)C(C)N. The molecule has 0 rings (SSSR count). The average Bonchev–Trinajstić information content (AvgIpc) is 2.04. The molecule has 0 spiro atoms. The molecule has 0 aromatic carbocycles. The van der Waals surface area contributed by atoms with Crippen LogP contribution in [0.2, 0.25) is 0 Å². The highest BCUT2D eigenvalue weighted by molar-refractivity contribution is 5.81. The van der Waals surface area contributed by atoms with E-state index in [1.165, 1.54) is 0 Å². The third kappa shape index (κ3) is 4.85. The van der Waals surface area contributed by atoms with E-state index in [0.29, 0.717) is 0 Å². The average molecular weight is 187 g/mol. The Kier molecular flexibility index (Phi) is 5.66. The number of nitrogens with zero attached hydrogens (tertiary/aromatic N) is 2. The third-order valence-corrected chi connectivity index (χ3v) is 1.90. The first-order chi connectivity index (χ1) is 5.99. The van der Waals surface area contributed by atoms with Crippen LogP contribution in [0.3, 0.4) is 0 Å². The molecule has 4 nitrogen and oxygen atoms in total. The van der Waals surface area contributed by atoms with Crippen molar-refractivity contribution in [2.75, 3.05) is 33.7 Å². The van der Waals surface area contributed by atoms with Crippen LogP contribution in [0.15, 0.2) is 0 Å². The van der Waals surface area contributed by atoms with Gasteiger partial charge in [-0.05, 0) is 27.9 Å². The number of hydrogen-bond donors (Lipinski definition) is 1. The molecule has 0 aromatic heterocycles. The molecule has 0 heterocycles. The molecule has 1 atom stereocenters. The normalized spacial score (nSPS) is 13.1. The first-order valence-electron chi connectivity index (χ1n) is 4.68. The maximum Gasteiger partial charge on any atom is 0.239 e. The van der Waals surface area contributed by atoms with Gasteiger partial charge in [-0.15, -0.1) is 0 Å².